The summed E-state index contributed by atoms with van der Waals surface area (Å²) < 4.78 is 9.82. The molecule has 1 aromatic heterocycles. The first-order valence-electron chi connectivity index (χ1n) is 6.83. The van der Waals surface area contributed by atoms with Gasteiger partial charge in [0.2, 0.25) is 0 Å². The van der Waals surface area contributed by atoms with Crippen LogP contribution in [-0.2, 0) is 11.3 Å². The number of aromatic nitrogens is 1. The number of carbonyl (C=O) groups excluding carboxylic acids is 1. The van der Waals surface area contributed by atoms with Gasteiger partial charge < -0.3 is 10.1 Å². The molecule has 0 saturated carbocycles. The van der Waals surface area contributed by atoms with Crippen molar-refractivity contribution in [2.75, 3.05) is 6.61 Å². The minimum atomic E-state index is -0.430. The van der Waals surface area contributed by atoms with Crippen LogP contribution in [0.2, 0.25) is 0 Å². The van der Waals surface area contributed by atoms with Crippen molar-refractivity contribution in [3.63, 3.8) is 0 Å². The summed E-state index contributed by atoms with van der Waals surface area (Å²) in [6.45, 7) is 6.73. The monoisotopic (exact) mass is 304 g/mol. The number of ether oxygens (including phenoxy) is 1. The Morgan fingerprint density at radius 3 is 2.67 bits per heavy atom. The average Bonchev–Trinajstić information content (AvgIpc) is 2.85. The second-order valence-electron chi connectivity index (χ2n) is 5.63. The highest BCUT2D eigenvalue weighted by Gasteiger charge is 2.23. The van der Waals surface area contributed by atoms with Crippen LogP contribution in [0.15, 0.2) is 35.7 Å². The predicted molar refractivity (Wildman–Crippen MR) is 84.5 cm³/mol. The average molecular weight is 304 g/mol. The molecule has 112 valence electrons. The Labute approximate surface area is 129 Å². The summed E-state index contributed by atoms with van der Waals surface area (Å²) in [6.07, 6.45) is 0. The smallest absolute Gasteiger partial charge is 0.254 e. The van der Waals surface area contributed by atoms with E-state index >= 15 is 0 Å². The number of carbonyl (C=O) groups is 1. The largest absolute Gasteiger partial charge is 0.374 e. The maximum Gasteiger partial charge on any atom is 0.254 e. The third-order valence-electron chi connectivity index (χ3n) is 3.02. The van der Waals surface area contributed by atoms with Crippen LogP contribution < -0.4 is 5.32 Å². The Morgan fingerprint density at radius 2 is 2.05 bits per heavy atom. The van der Waals surface area contributed by atoms with Crippen molar-refractivity contribution < 1.29 is 9.53 Å². The fraction of sp³-hybridized carbons (Fsp3) is 0.375. The van der Waals surface area contributed by atoms with Crippen LogP contribution in [0.1, 0.15) is 35.5 Å². The summed E-state index contributed by atoms with van der Waals surface area (Å²) in [5.41, 5.74) is 2.09. The van der Waals surface area contributed by atoms with Crippen LogP contribution in [0.4, 0.5) is 0 Å². The predicted octanol–water partition coefficient (Wildman–Crippen LogP) is 3.18. The summed E-state index contributed by atoms with van der Waals surface area (Å²) in [5.74, 6) is -0.102. The molecule has 0 aliphatic carbocycles. The van der Waals surface area contributed by atoms with Gasteiger partial charge in [0.15, 0.2) is 0 Å². The Hall–Kier alpha value is -1.72. The Morgan fingerprint density at radius 1 is 1.33 bits per heavy atom. The van der Waals surface area contributed by atoms with E-state index in [4.69, 9.17) is 4.74 Å². The molecule has 0 atom stereocenters. The van der Waals surface area contributed by atoms with Gasteiger partial charge >= 0.3 is 0 Å². The molecule has 0 unspecified atom stereocenters. The SMILES string of the molecule is Cc1nscc1C(=O)NC(C)(C)COCc1ccccc1. The second kappa shape index (κ2) is 6.83. The highest BCUT2D eigenvalue weighted by Crippen LogP contribution is 2.12. The third kappa shape index (κ3) is 4.65. The second-order valence-corrected chi connectivity index (χ2v) is 6.26. The van der Waals surface area contributed by atoms with Gasteiger partial charge in [-0.25, -0.2) is 0 Å². The molecule has 0 saturated heterocycles. The molecule has 4 nitrogen and oxygen atoms in total. The molecule has 1 heterocycles. The molecule has 5 heteroatoms. The lowest BCUT2D eigenvalue weighted by molar-refractivity contribution is 0.0616. The first-order chi connectivity index (χ1) is 9.98. The minimum absolute atomic E-state index is 0.102. The van der Waals surface area contributed by atoms with E-state index < -0.39 is 5.54 Å². The zero-order chi connectivity index (χ0) is 15.3. The summed E-state index contributed by atoms with van der Waals surface area (Å²) in [7, 11) is 0. The highest BCUT2D eigenvalue weighted by molar-refractivity contribution is 7.03. The summed E-state index contributed by atoms with van der Waals surface area (Å²) in [6, 6.07) is 9.98. The van der Waals surface area contributed by atoms with Gasteiger partial charge in [0.05, 0.1) is 30.0 Å². The fourth-order valence-corrected chi connectivity index (χ4v) is 2.61. The molecule has 2 rings (SSSR count). The van der Waals surface area contributed by atoms with Crippen molar-refractivity contribution in [3.05, 3.63) is 52.5 Å². The molecule has 0 aliphatic rings. The highest BCUT2D eigenvalue weighted by atomic mass is 32.1. The van der Waals surface area contributed by atoms with E-state index in [1.54, 1.807) is 5.38 Å². The molecule has 0 radical (unpaired) electrons. The molecule has 1 amide bonds. The molecule has 0 fully saturated rings. The maximum atomic E-state index is 12.2. The Kier molecular flexibility index (Phi) is 5.09. The lowest BCUT2D eigenvalue weighted by Crippen LogP contribution is -2.47. The maximum absolute atomic E-state index is 12.2. The van der Waals surface area contributed by atoms with E-state index in [1.165, 1.54) is 11.5 Å². The van der Waals surface area contributed by atoms with Gasteiger partial charge in [-0.2, -0.15) is 4.37 Å². The molecule has 0 aliphatic heterocycles. The van der Waals surface area contributed by atoms with Gasteiger partial charge in [0, 0.05) is 5.38 Å². The topological polar surface area (TPSA) is 51.2 Å². The number of benzene rings is 1. The number of hydrogen-bond donors (Lipinski definition) is 1. The lowest BCUT2D eigenvalue weighted by Gasteiger charge is -2.26. The minimum Gasteiger partial charge on any atom is -0.374 e. The van der Waals surface area contributed by atoms with Crippen LogP contribution in [0.5, 0.6) is 0 Å². The van der Waals surface area contributed by atoms with Crippen molar-refractivity contribution in [1.82, 2.24) is 9.69 Å². The number of hydrogen-bond acceptors (Lipinski definition) is 4. The molecule has 1 aromatic carbocycles. The van der Waals surface area contributed by atoms with Gasteiger partial charge in [-0.3, -0.25) is 4.79 Å². The molecule has 0 spiro atoms. The molecule has 21 heavy (non-hydrogen) atoms. The molecule has 2 aromatic rings. The fourth-order valence-electron chi connectivity index (χ4n) is 1.92. The van der Waals surface area contributed by atoms with E-state index in [1.807, 2.05) is 51.1 Å². The van der Waals surface area contributed by atoms with E-state index in [2.05, 4.69) is 9.69 Å². The molecular formula is C16H20N2O2S. The van der Waals surface area contributed by atoms with Crippen molar-refractivity contribution in [1.29, 1.82) is 0 Å². The van der Waals surface area contributed by atoms with Gasteiger partial charge in [0.25, 0.3) is 5.91 Å². The molecule has 1 N–H and O–H groups in total. The van der Waals surface area contributed by atoms with Gasteiger partial charge in [-0.05, 0) is 37.9 Å². The van der Waals surface area contributed by atoms with Crippen molar-refractivity contribution in [2.45, 2.75) is 32.9 Å². The Balaban J connectivity index is 1.84. The van der Waals surface area contributed by atoms with E-state index in [0.29, 0.717) is 18.8 Å². The lowest BCUT2D eigenvalue weighted by atomic mass is 10.1. The summed E-state index contributed by atoms with van der Waals surface area (Å²) in [5, 5.41) is 4.76. The van der Waals surface area contributed by atoms with Crippen LogP contribution in [0.3, 0.4) is 0 Å². The zero-order valence-electron chi connectivity index (χ0n) is 12.6. The Bertz CT molecular complexity index is 593. The third-order valence-corrected chi connectivity index (χ3v) is 3.74. The molecular weight excluding hydrogens is 284 g/mol. The summed E-state index contributed by atoms with van der Waals surface area (Å²) >= 11 is 1.29. The van der Waals surface area contributed by atoms with E-state index in [-0.39, 0.29) is 5.91 Å². The first kappa shape index (κ1) is 15.7. The van der Waals surface area contributed by atoms with Crippen LogP contribution in [-0.4, -0.2) is 22.4 Å². The van der Waals surface area contributed by atoms with Crippen LogP contribution >= 0.6 is 11.5 Å². The molecule has 0 bridgehead atoms. The van der Waals surface area contributed by atoms with Gasteiger partial charge in [-0.1, -0.05) is 30.3 Å². The summed E-state index contributed by atoms with van der Waals surface area (Å²) in [4.78, 5) is 12.2. The van der Waals surface area contributed by atoms with Crippen molar-refractivity contribution in [3.8, 4) is 0 Å². The van der Waals surface area contributed by atoms with Gasteiger partial charge in [-0.15, -0.1) is 0 Å². The normalized spacial score (nSPS) is 11.4. The van der Waals surface area contributed by atoms with Crippen LogP contribution in [0.25, 0.3) is 0 Å². The van der Waals surface area contributed by atoms with Crippen molar-refractivity contribution >= 4 is 17.4 Å². The zero-order valence-corrected chi connectivity index (χ0v) is 13.4. The van der Waals surface area contributed by atoms with Gasteiger partial charge in [0.1, 0.15) is 0 Å². The number of rotatable bonds is 6. The van der Waals surface area contributed by atoms with E-state index in [0.717, 1.165) is 11.3 Å². The number of nitrogens with one attached hydrogen (secondary N) is 1. The van der Waals surface area contributed by atoms with Crippen LogP contribution in [0, 0.1) is 6.92 Å². The number of nitrogens with zero attached hydrogens (tertiary/aromatic N) is 1. The quantitative estimate of drug-likeness (QED) is 0.892. The van der Waals surface area contributed by atoms with Crippen molar-refractivity contribution in [2.24, 2.45) is 0 Å². The number of aryl methyl sites for hydroxylation is 1. The standard InChI is InChI=1S/C16H20N2O2S/c1-12-14(10-21-18-12)15(19)17-16(2,3)11-20-9-13-7-5-4-6-8-13/h4-8,10H,9,11H2,1-3H3,(H,17,19). The van der Waals surface area contributed by atoms with E-state index in [9.17, 15) is 4.79 Å². The number of amides is 1. The first-order valence-corrected chi connectivity index (χ1v) is 7.67.